The van der Waals surface area contributed by atoms with E-state index in [1.165, 1.54) is 0 Å². The molecule has 1 heteroatoms. The van der Waals surface area contributed by atoms with Crippen LogP contribution in [0.5, 0.6) is 0 Å². The zero-order chi connectivity index (χ0) is 10.9. The average Bonchev–Trinajstić information content (AvgIpc) is 1.82. The first-order chi connectivity index (χ1) is 5.55. The molecule has 13 heavy (non-hydrogen) atoms. The molecule has 2 unspecified atom stereocenters. The van der Waals surface area contributed by atoms with Gasteiger partial charge in [0.2, 0.25) is 0 Å². The van der Waals surface area contributed by atoms with Crippen LogP contribution in [0.1, 0.15) is 55.4 Å². The summed E-state index contributed by atoms with van der Waals surface area (Å²) in [5.41, 5.74) is 0.582. The molecule has 79 valence electrons. The van der Waals surface area contributed by atoms with Gasteiger partial charge >= 0.3 is 0 Å². The Bertz CT molecular complexity index is 129. The van der Waals surface area contributed by atoms with E-state index in [2.05, 4.69) is 55.4 Å². The van der Waals surface area contributed by atoms with Crippen LogP contribution in [0.15, 0.2) is 0 Å². The fourth-order valence-corrected chi connectivity index (χ4v) is 0.783. The highest BCUT2D eigenvalue weighted by Gasteiger charge is 2.27. The summed E-state index contributed by atoms with van der Waals surface area (Å²) in [6, 6.07) is 0.864. The number of hydrogen-bond donors (Lipinski definition) is 0. The van der Waals surface area contributed by atoms with E-state index in [-0.39, 0.29) is 0 Å². The van der Waals surface area contributed by atoms with E-state index in [0.29, 0.717) is 22.9 Å². The van der Waals surface area contributed by atoms with Crippen LogP contribution < -0.4 is 5.32 Å². The Hall–Kier alpha value is -0.0400. The van der Waals surface area contributed by atoms with Gasteiger partial charge < -0.3 is 0 Å². The van der Waals surface area contributed by atoms with Gasteiger partial charge in [0.15, 0.2) is 0 Å². The number of hydrogen-bond acceptors (Lipinski definition) is 0. The van der Waals surface area contributed by atoms with Crippen LogP contribution in [0.4, 0.5) is 0 Å². The van der Waals surface area contributed by atoms with Crippen LogP contribution in [0.2, 0.25) is 0 Å². The SMILES string of the molecule is CC([N]C(C)C(C)(C)C)C(C)(C)C. The molecule has 0 heterocycles. The van der Waals surface area contributed by atoms with Crippen molar-refractivity contribution in [2.75, 3.05) is 0 Å². The third kappa shape index (κ3) is 4.66. The Morgan fingerprint density at radius 3 is 1.08 bits per heavy atom. The molecule has 0 aromatic rings. The normalized spacial score (nSPS) is 18.5. The monoisotopic (exact) mass is 184 g/mol. The van der Waals surface area contributed by atoms with Gasteiger partial charge in [0.1, 0.15) is 0 Å². The fraction of sp³-hybridized carbons (Fsp3) is 1.00. The van der Waals surface area contributed by atoms with E-state index in [1.807, 2.05) is 0 Å². The molecule has 0 bridgehead atoms. The van der Waals surface area contributed by atoms with Gasteiger partial charge in [-0.2, -0.15) is 0 Å². The van der Waals surface area contributed by atoms with Gasteiger partial charge in [-0.3, -0.25) is 0 Å². The van der Waals surface area contributed by atoms with Crippen molar-refractivity contribution in [3.63, 3.8) is 0 Å². The highest BCUT2D eigenvalue weighted by molar-refractivity contribution is 4.83. The minimum Gasteiger partial charge on any atom is -0.235 e. The largest absolute Gasteiger partial charge is 0.235 e. The summed E-state index contributed by atoms with van der Waals surface area (Å²) < 4.78 is 0. The average molecular weight is 184 g/mol. The summed E-state index contributed by atoms with van der Waals surface area (Å²) in [5, 5.41) is 4.82. The first kappa shape index (κ1) is 13.0. The lowest BCUT2D eigenvalue weighted by Crippen LogP contribution is -2.42. The molecule has 0 fully saturated rings. The van der Waals surface area contributed by atoms with E-state index in [0.717, 1.165) is 0 Å². The minimum absolute atomic E-state index is 0.291. The molecular weight excluding hydrogens is 158 g/mol. The van der Waals surface area contributed by atoms with Gasteiger partial charge in [-0.25, -0.2) is 5.32 Å². The second kappa shape index (κ2) is 4.00. The van der Waals surface area contributed by atoms with Crippen molar-refractivity contribution >= 4 is 0 Å². The minimum atomic E-state index is 0.291. The smallest absolute Gasteiger partial charge is 0.0269 e. The lowest BCUT2D eigenvalue weighted by atomic mass is 9.83. The van der Waals surface area contributed by atoms with E-state index in [9.17, 15) is 0 Å². The molecule has 0 aliphatic carbocycles. The van der Waals surface area contributed by atoms with Crippen LogP contribution in [-0.2, 0) is 0 Å². The van der Waals surface area contributed by atoms with Crippen molar-refractivity contribution in [3.8, 4) is 0 Å². The molecule has 0 aromatic heterocycles. The van der Waals surface area contributed by atoms with Crippen molar-refractivity contribution in [3.05, 3.63) is 0 Å². The van der Waals surface area contributed by atoms with Crippen molar-refractivity contribution in [1.82, 2.24) is 5.32 Å². The molecule has 0 N–H and O–H groups in total. The summed E-state index contributed by atoms with van der Waals surface area (Å²) >= 11 is 0. The van der Waals surface area contributed by atoms with E-state index < -0.39 is 0 Å². The summed E-state index contributed by atoms with van der Waals surface area (Å²) in [5.74, 6) is 0. The molecular formula is C12H26N. The van der Waals surface area contributed by atoms with Crippen LogP contribution in [-0.4, -0.2) is 12.1 Å². The molecule has 1 nitrogen and oxygen atoms in total. The zero-order valence-electron chi connectivity index (χ0n) is 10.6. The van der Waals surface area contributed by atoms with E-state index in [4.69, 9.17) is 5.32 Å². The summed E-state index contributed by atoms with van der Waals surface area (Å²) in [4.78, 5) is 0. The van der Waals surface area contributed by atoms with Crippen LogP contribution in [0.25, 0.3) is 0 Å². The third-order valence-corrected chi connectivity index (χ3v) is 2.95. The Morgan fingerprint density at radius 1 is 0.692 bits per heavy atom. The van der Waals surface area contributed by atoms with Crippen molar-refractivity contribution in [2.45, 2.75) is 67.5 Å². The summed E-state index contributed by atoms with van der Waals surface area (Å²) in [6.45, 7) is 17.9. The first-order valence-corrected chi connectivity index (χ1v) is 5.25. The summed E-state index contributed by atoms with van der Waals surface area (Å²) in [7, 11) is 0. The maximum atomic E-state index is 4.82. The molecule has 0 rings (SSSR count). The fourth-order valence-electron chi connectivity index (χ4n) is 0.783. The first-order valence-electron chi connectivity index (χ1n) is 5.25. The van der Waals surface area contributed by atoms with Crippen molar-refractivity contribution < 1.29 is 0 Å². The molecule has 0 aliphatic heterocycles. The van der Waals surface area contributed by atoms with Gasteiger partial charge in [0.25, 0.3) is 0 Å². The molecule has 0 saturated heterocycles. The molecule has 0 saturated carbocycles. The van der Waals surface area contributed by atoms with Gasteiger partial charge in [-0.05, 0) is 24.7 Å². The lowest BCUT2D eigenvalue weighted by molar-refractivity contribution is 0.198. The quantitative estimate of drug-likeness (QED) is 0.624. The van der Waals surface area contributed by atoms with E-state index in [1.54, 1.807) is 0 Å². The number of rotatable bonds is 2. The predicted octanol–water partition coefficient (Wildman–Crippen LogP) is 3.46. The maximum absolute atomic E-state index is 4.82. The van der Waals surface area contributed by atoms with E-state index >= 15 is 0 Å². The standard InChI is InChI=1S/C12H26N/c1-9(11(3,4)5)13-10(2)12(6,7)8/h9-10H,1-8H3. The maximum Gasteiger partial charge on any atom is 0.0269 e. The van der Waals surface area contributed by atoms with Crippen molar-refractivity contribution in [2.24, 2.45) is 10.8 Å². The third-order valence-electron chi connectivity index (χ3n) is 2.95. The molecule has 2 atom stereocenters. The second-order valence-corrected chi connectivity index (χ2v) is 6.23. The Labute approximate surface area is 84.3 Å². The van der Waals surface area contributed by atoms with Crippen molar-refractivity contribution in [1.29, 1.82) is 0 Å². The van der Waals surface area contributed by atoms with Crippen LogP contribution in [0.3, 0.4) is 0 Å². The molecule has 0 amide bonds. The Balaban J connectivity index is 4.15. The van der Waals surface area contributed by atoms with Crippen LogP contribution >= 0.6 is 0 Å². The predicted molar refractivity (Wildman–Crippen MR) is 60.0 cm³/mol. The molecule has 1 radical (unpaired) electrons. The highest BCUT2D eigenvalue weighted by atomic mass is 15.0. The summed E-state index contributed by atoms with van der Waals surface area (Å²) in [6.07, 6.45) is 0. The number of nitrogens with zero attached hydrogens (tertiary/aromatic N) is 1. The second-order valence-electron chi connectivity index (χ2n) is 6.23. The van der Waals surface area contributed by atoms with Gasteiger partial charge in [-0.1, -0.05) is 41.5 Å². The topological polar surface area (TPSA) is 14.1 Å². The Morgan fingerprint density at radius 2 is 0.923 bits per heavy atom. The Kier molecular flexibility index (Phi) is 3.98. The lowest BCUT2D eigenvalue weighted by Gasteiger charge is -2.34. The highest BCUT2D eigenvalue weighted by Crippen LogP contribution is 2.25. The zero-order valence-corrected chi connectivity index (χ0v) is 10.6. The molecule has 0 aromatic carbocycles. The molecule has 0 aliphatic rings. The van der Waals surface area contributed by atoms with Gasteiger partial charge in [-0.15, -0.1) is 0 Å². The molecule has 0 spiro atoms. The van der Waals surface area contributed by atoms with Gasteiger partial charge in [0, 0.05) is 12.1 Å². The van der Waals surface area contributed by atoms with Gasteiger partial charge in [0.05, 0.1) is 0 Å². The van der Waals surface area contributed by atoms with Crippen LogP contribution in [0, 0.1) is 10.8 Å².